The summed E-state index contributed by atoms with van der Waals surface area (Å²) in [5.41, 5.74) is 0.969. The van der Waals surface area contributed by atoms with Crippen molar-refractivity contribution in [3.05, 3.63) is 29.6 Å². The molecule has 1 aliphatic rings. The number of ether oxygens (including phenoxy) is 1. The van der Waals surface area contributed by atoms with Crippen molar-refractivity contribution in [1.82, 2.24) is 5.32 Å². The Kier molecular flexibility index (Phi) is 5.84. The van der Waals surface area contributed by atoms with Crippen LogP contribution < -0.4 is 10.1 Å². The summed E-state index contributed by atoms with van der Waals surface area (Å²) in [4.78, 5) is 0. The van der Waals surface area contributed by atoms with E-state index in [0.717, 1.165) is 30.7 Å². The van der Waals surface area contributed by atoms with Crippen LogP contribution in [0.15, 0.2) is 18.2 Å². The molecule has 0 amide bonds. The van der Waals surface area contributed by atoms with E-state index in [0.29, 0.717) is 0 Å². The maximum Gasteiger partial charge on any atom is 0.124 e. The predicted octanol–water partition coefficient (Wildman–Crippen LogP) is 4.60. The Morgan fingerprint density at radius 2 is 2.10 bits per heavy atom. The van der Waals surface area contributed by atoms with E-state index >= 15 is 0 Å². The molecule has 2 nitrogen and oxygen atoms in total. The van der Waals surface area contributed by atoms with E-state index in [-0.39, 0.29) is 18.0 Å². The molecule has 20 heavy (non-hydrogen) atoms. The summed E-state index contributed by atoms with van der Waals surface area (Å²) < 4.78 is 19.4. The van der Waals surface area contributed by atoms with E-state index in [1.54, 1.807) is 12.1 Å². The smallest absolute Gasteiger partial charge is 0.124 e. The lowest BCUT2D eigenvalue weighted by atomic mass is 9.93. The Bertz CT molecular complexity index is 421. The van der Waals surface area contributed by atoms with Crippen LogP contribution in [-0.2, 0) is 0 Å². The topological polar surface area (TPSA) is 21.3 Å². The summed E-state index contributed by atoms with van der Waals surface area (Å²) >= 11 is 0. The highest BCUT2D eigenvalue weighted by Crippen LogP contribution is 2.36. The molecule has 0 spiro atoms. The van der Waals surface area contributed by atoms with E-state index < -0.39 is 0 Å². The quantitative estimate of drug-likeness (QED) is 0.737. The van der Waals surface area contributed by atoms with Crippen LogP contribution in [0.3, 0.4) is 0 Å². The Balaban J connectivity index is 2.01. The maximum absolute atomic E-state index is 13.4. The molecule has 0 saturated carbocycles. The van der Waals surface area contributed by atoms with Crippen molar-refractivity contribution in [3.63, 3.8) is 0 Å². The summed E-state index contributed by atoms with van der Waals surface area (Å²) in [6.45, 7) is 5.21. The first-order valence-electron chi connectivity index (χ1n) is 7.94. The van der Waals surface area contributed by atoms with Crippen LogP contribution in [0.4, 0.5) is 4.39 Å². The molecule has 0 radical (unpaired) electrons. The Morgan fingerprint density at radius 3 is 2.85 bits per heavy atom. The minimum Gasteiger partial charge on any atom is -0.490 e. The number of hydrogen-bond acceptors (Lipinski definition) is 2. The molecule has 1 heterocycles. The SMILES string of the molecule is CCCCCCC1CC(NCC)c2cc(F)ccc2O1. The van der Waals surface area contributed by atoms with Crippen LogP contribution >= 0.6 is 0 Å². The molecule has 112 valence electrons. The van der Waals surface area contributed by atoms with E-state index in [2.05, 4.69) is 19.2 Å². The maximum atomic E-state index is 13.4. The molecular formula is C17H26FNO. The van der Waals surface area contributed by atoms with Crippen molar-refractivity contribution in [3.8, 4) is 5.75 Å². The van der Waals surface area contributed by atoms with Gasteiger partial charge in [0.2, 0.25) is 0 Å². The van der Waals surface area contributed by atoms with Gasteiger partial charge < -0.3 is 10.1 Å². The van der Waals surface area contributed by atoms with Crippen LogP contribution in [0.1, 0.15) is 64.0 Å². The van der Waals surface area contributed by atoms with Crippen molar-refractivity contribution in [2.45, 2.75) is 64.5 Å². The summed E-state index contributed by atoms with van der Waals surface area (Å²) in [6, 6.07) is 5.08. The number of benzene rings is 1. The summed E-state index contributed by atoms with van der Waals surface area (Å²) in [5, 5.41) is 3.45. The van der Waals surface area contributed by atoms with Crippen LogP contribution in [0.5, 0.6) is 5.75 Å². The highest BCUT2D eigenvalue weighted by Gasteiger charge is 2.27. The summed E-state index contributed by atoms with van der Waals surface area (Å²) in [5.74, 6) is 0.667. The fraction of sp³-hybridized carbons (Fsp3) is 0.647. The molecule has 1 N–H and O–H groups in total. The summed E-state index contributed by atoms with van der Waals surface area (Å²) in [7, 11) is 0. The van der Waals surface area contributed by atoms with E-state index in [9.17, 15) is 4.39 Å². The monoisotopic (exact) mass is 279 g/mol. The normalized spacial score (nSPS) is 21.4. The molecule has 0 bridgehead atoms. The van der Waals surface area contributed by atoms with Gasteiger partial charge in [0.1, 0.15) is 17.7 Å². The third kappa shape index (κ3) is 3.95. The van der Waals surface area contributed by atoms with Crippen molar-refractivity contribution in [2.24, 2.45) is 0 Å². The molecular weight excluding hydrogens is 253 g/mol. The fourth-order valence-electron chi connectivity index (χ4n) is 2.93. The molecule has 0 fully saturated rings. The van der Waals surface area contributed by atoms with Crippen molar-refractivity contribution in [2.75, 3.05) is 6.54 Å². The predicted molar refractivity (Wildman–Crippen MR) is 80.6 cm³/mol. The second kappa shape index (κ2) is 7.63. The summed E-state index contributed by atoms with van der Waals surface area (Å²) in [6.07, 6.45) is 7.34. The Labute approximate surface area is 121 Å². The number of fused-ring (bicyclic) bond motifs is 1. The van der Waals surface area contributed by atoms with Gasteiger partial charge in [0.05, 0.1) is 0 Å². The van der Waals surface area contributed by atoms with Crippen LogP contribution in [-0.4, -0.2) is 12.6 Å². The molecule has 0 aromatic heterocycles. The highest BCUT2D eigenvalue weighted by molar-refractivity contribution is 5.38. The number of nitrogens with one attached hydrogen (secondary N) is 1. The third-order valence-corrected chi connectivity index (χ3v) is 3.97. The minimum atomic E-state index is -0.184. The Hall–Kier alpha value is -1.09. The van der Waals surface area contributed by atoms with Gasteiger partial charge in [-0.15, -0.1) is 0 Å². The molecule has 2 atom stereocenters. The van der Waals surface area contributed by atoms with Crippen LogP contribution in [0, 0.1) is 5.82 Å². The lowest BCUT2D eigenvalue weighted by Gasteiger charge is -2.32. The van der Waals surface area contributed by atoms with Gasteiger partial charge in [0, 0.05) is 18.0 Å². The first-order chi connectivity index (χ1) is 9.74. The Morgan fingerprint density at radius 1 is 1.25 bits per heavy atom. The lowest BCUT2D eigenvalue weighted by Crippen LogP contribution is -2.33. The molecule has 1 aliphatic heterocycles. The fourth-order valence-corrected chi connectivity index (χ4v) is 2.93. The molecule has 0 saturated heterocycles. The highest BCUT2D eigenvalue weighted by atomic mass is 19.1. The number of hydrogen-bond donors (Lipinski definition) is 1. The van der Waals surface area contributed by atoms with Crippen molar-refractivity contribution >= 4 is 0 Å². The molecule has 3 heteroatoms. The zero-order chi connectivity index (χ0) is 14.4. The zero-order valence-corrected chi connectivity index (χ0v) is 12.6. The number of unbranched alkanes of at least 4 members (excludes halogenated alkanes) is 3. The van der Waals surface area contributed by atoms with Crippen LogP contribution in [0.25, 0.3) is 0 Å². The zero-order valence-electron chi connectivity index (χ0n) is 12.6. The molecule has 2 rings (SSSR count). The lowest BCUT2D eigenvalue weighted by molar-refractivity contribution is 0.138. The first-order valence-corrected chi connectivity index (χ1v) is 7.94. The van der Waals surface area contributed by atoms with Gasteiger partial charge in [-0.3, -0.25) is 0 Å². The van der Waals surface area contributed by atoms with E-state index in [4.69, 9.17) is 4.74 Å². The van der Waals surface area contributed by atoms with Gasteiger partial charge in [-0.25, -0.2) is 4.39 Å². The number of rotatable bonds is 7. The van der Waals surface area contributed by atoms with Gasteiger partial charge in [-0.2, -0.15) is 0 Å². The average Bonchev–Trinajstić information content (AvgIpc) is 2.44. The number of halogens is 1. The van der Waals surface area contributed by atoms with Crippen molar-refractivity contribution in [1.29, 1.82) is 0 Å². The largest absolute Gasteiger partial charge is 0.490 e. The van der Waals surface area contributed by atoms with E-state index in [1.165, 1.54) is 31.7 Å². The van der Waals surface area contributed by atoms with Gasteiger partial charge in [0.15, 0.2) is 0 Å². The first kappa shape index (κ1) is 15.3. The second-order valence-electron chi connectivity index (χ2n) is 5.62. The molecule has 0 aliphatic carbocycles. The molecule has 1 aromatic carbocycles. The van der Waals surface area contributed by atoms with E-state index in [1.807, 2.05) is 0 Å². The molecule has 1 aromatic rings. The van der Waals surface area contributed by atoms with Gasteiger partial charge in [-0.1, -0.05) is 33.1 Å². The third-order valence-electron chi connectivity index (χ3n) is 3.97. The van der Waals surface area contributed by atoms with Crippen molar-refractivity contribution < 1.29 is 9.13 Å². The minimum absolute atomic E-state index is 0.184. The van der Waals surface area contributed by atoms with Gasteiger partial charge in [0.25, 0.3) is 0 Å². The second-order valence-corrected chi connectivity index (χ2v) is 5.62. The van der Waals surface area contributed by atoms with Gasteiger partial charge in [-0.05, 0) is 37.6 Å². The van der Waals surface area contributed by atoms with Crippen LogP contribution in [0.2, 0.25) is 0 Å². The van der Waals surface area contributed by atoms with Gasteiger partial charge >= 0.3 is 0 Å². The molecule has 2 unspecified atom stereocenters. The standard InChI is InChI=1S/C17H26FNO/c1-3-5-6-7-8-14-12-16(19-4-2)15-11-13(18)9-10-17(15)20-14/h9-11,14,16,19H,3-8,12H2,1-2H3. The average molecular weight is 279 g/mol.